The molecule has 0 radical (unpaired) electrons. The van der Waals surface area contributed by atoms with Crippen molar-refractivity contribution in [2.24, 2.45) is 11.8 Å². The molecular weight excluding hydrogens is 464 g/mol. The average molecular weight is 481 g/mol. The normalized spacial score (nSPS) is 24.4. The number of hydrogen-bond donors (Lipinski definition) is 1. The molecule has 0 aromatic carbocycles. The lowest BCUT2D eigenvalue weighted by Gasteiger charge is -2.42. The number of rotatable bonds is 6. The fourth-order valence-corrected chi connectivity index (χ4v) is 6.28. The maximum atomic E-state index is 14.4. The van der Waals surface area contributed by atoms with E-state index >= 15 is 0 Å². The number of piperidine rings is 1. The second-order valence-corrected chi connectivity index (χ2v) is 11.0. The minimum absolute atomic E-state index is 0.00272. The Hall–Kier alpha value is -1.62. The van der Waals surface area contributed by atoms with Crippen LogP contribution in [0.15, 0.2) is 4.91 Å². The summed E-state index contributed by atoms with van der Waals surface area (Å²) >= 11 is 0. The van der Waals surface area contributed by atoms with Crippen LogP contribution < -0.4 is 0 Å². The summed E-state index contributed by atoms with van der Waals surface area (Å²) in [5.74, 6) is -6.69. The molecule has 1 saturated carbocycles. The fourth-order valence-electron chi connectivity index (χ4n) is 3.73. The van der Waals surface area contributed by atoms with Crippen molar-refractivity contribution in [2.75, 3.05) is 13.1 Å². The molecule has 1 N–H and O–H groups in total. The summed E-state index contributed by atoms with van der Waals surface area (Å²) in [6, 6.07) is 0.467. The second-order valence-electron chi connectivity index (χ2n) is 7.13. The summed E-state index contributed by atoms with van der Waals surface area (Å²) in [5.41, 5.74) is 0. The van der Waals surface area contributed by atoms with Gasteiger partial charge in [-0.15, -0.1) is 0 Å². The first-order valence-corrected chi connectivity index (χ1v) is 11.6. The highest BCUT2D eigenvalue weighted by molar-refractivity contribution is 7.97. The van der Waals surface area contributed by atoms with Crippen LogP contribution in [0.3, 0.4) is 0 Å². The molecule has 170 valence electrons. The highest BCUT2D eigenvalue weighted by Gasteiger charge is 2.83. The molecule has 30 heavy (non-hydrogen) atoms. The van der Waals surface area contributed by atoms with E-state index in [1.807, 2.05) is 0 Å². The van der Waals surface area contributed by atoms with Gasteiger partial charge in [0.2, 0.25) is 4.91 Å². The molecule has 2 atom stereocenters. The number of alkyl halides is 6. The van der Waals surface area contributed by atoms with Crippen molar-refractivity contribution in [2.45, 2.75) is 48.5 Å². The topological polar surface area (TPSA) is 119 Å². The summed E-state index contributed by atoms with van der Waals surface area (Å²) < 4.78 is 133. The minimum Gasteiger partial charge on any atom is -0.257 e. The zero-order chi connectivity index (χ0) is 23.2. The van der Waals surface area contributed by atoms with Gasteiger partial charge in [0.1, 0.15) is 6.07 Å². The molecular formula is C15H17F6N3O4S2. The van der Waals surface area contributed by atoms with Gasteiger partial charge in [-0.3, -0.25) is 5.41 Å². The van der Waals surface area contributed by atoms with E-state index in [1.165, 1.54) is 0 Å². The van der Waals surface area contributed by atoms with E-state index < -0.39 is 60.2 Å². The van der Waals surface area contributed by atoms with Crippen molar-refractivity contribution in [1.29, 1.82) is 10.7 Å². The Morgan fingerprint density at radius 2 is 1.47 bits per heavy atom. The molecule has 1 heterocycles. The number of halogens is 6. The van der Waals surface area contributed by atoms with Gasteiger partial charge in [-0.2, -0.15) is 35.9 Å². The van der Waals surface area contributed by atoms with Gasteiger partial charge in [0.15, 0.2) is 0 Å². The Kier molecular flexibility index (Phi) is 6.42. The number of nitrogens with one attached hydrogen (secondary N) is 1. The zero-order valence-corrected chi connectivity index (χ0v) is 16.8. The van der Waals surface area contributed by atoms with Crippen molar-refractivity contribution in [3.05, 3.63) is 4.91 Å². The summed E-state index contributed by atoms with van der Waals surface area (Å²) in [5, 5.41) is 1.65. The van der Waals surface area contributed by atoms with Crippen molar-refractivity contribution in [3.63, 3.8) is 0 Å². The first-order chi connectivity index (χ1) is 13.6. The van der Waals surface area contributed by atoms with E-state index in [0.717, 1.165) is 6.42 Å². The predicted octanol–water partition coefficient (Wildman–Crippen LogP) is 2.72. The Morgan fingerprint density at radius 1 is 0.933 bits per heavy atom. The van der Waals surface area contributed by atoms with Crippen LogP contribution in [-0.2, 0) is 19.9 Å². The number of sulfone groups is 1. The van der Waals surface area contributed by atoms with Crippen molar-refractivity contribution >= 4 is 25.7 Å². The van der Waals surface area contributed by atoms with Crippen molar-refractivity contribution in [1.82, 2.24) is 4.31 Å². The summed E-state index contributed by atoms with van der Waals surface area (Å²) in [4.78, 5) is -2.34. The van der Waals surface area contributed by atoms with Gasteiger partial charge in [-0.1, -0.05) is 19.3 Å². The van der Waals surface area contributed by atoms with Crippen LogP contribution in [0.2, 0.25) is 0 Å². The molecule has 1 aliphatic heterocycles. The van der Waals surface area contributed by atoms with E-state index in [4.69, 9.17) is 10.7 Å². The quantitative estimate of drug-likeness (QED) is 0.356. The van der Waals surface area contributed by atoms with Crippen LogP contribution in [0, 0.1) is 28.6 Å². The molecule has 15 heteroatoms. The Morgan fingerprint density at radius 3 is 1.97 bits per heavy atom. The minimum atomic E-state index is -6.94. The Labute approximate surface area is 168 Å². The van der Waals surface area contributed by atoms with Gasteiger partial charge in [0.05, 0.1) is 0 Å². The zero-order valence-electron chi connectivity index (χ0n) is 15.2. The van der Waals surface area contributed by atoms with E-state index in [1.54, 1.807) is 0 Å². The number of hydrogen-bond acceptors (Lipinski definition) is 6. The first-order valence-electron chi connectivity index (χ1n) is 8.67. The Balaban J connectivity index is 2.47. The third kappa shape index (κ3) is 3.43. The van der Waals surface area contributed by atoms with Crippen molar-refractivity contribution < 1.29 is 43.2 Å². The second kappa shape index (κ2) is 7.81. The van der Waals surface area contributed by atoms with E-state index in [2.05, 4.69) is 0 Å². The number of nitriles is 1. The molecule has 1 aliphatic carbocycles. The molecule has 1 saturated heterocycles. The van der Waals surface area contributed by atoms with E-state index in [-0.39, 0.29) is 16.6 Å². The van der Waals surface area contributed by atoms with Crippen LogP contribution in [0.1, 0.15) is 32.1 Å². The smallest absolute Gasteiger partial charge is 0.257 e. The lowest BCUT2D eigenvalue weighted by Crippen LogP contribution is -2.64. The number of sulfonamides is 1. The largest absolute Gasteiger partial charge is 0.428 e. The van der Waals surface area contributed by atoms with E-state index in [0.29, 0.717) is 31.2 Å². The van der Waals surface area contributed by atoms with Gasteiger partial charge in [0, 0.05) is 19.0 Å². The molecule has 2 fully saturated rings. The first kappa shape index (κ1) is 24.6. The SMILES string of the molecule is N#CC(=C=N)S(=O)(=O)C(F)(F)C(F)(F)C(F)(F)S(=O)(=O)N1CCC2CCCCC2C1. The monoisotopic (exact) mass is 481 g/mol. The standard InChI is InChI=1S/C15H17F6N3O4S2/c16-13(17,14(18,19)29(25,26)12(7-22)8-23)15(20,21)30(27,28)24-6-5-10-3-1-2-4-11(10)9-24/h10-11,22H,1-6,9H2. The number of allylic oxidation sites excluding steroid dienone is 1. The molecule has 0 amide bonds. The molecule has 2 aliphatic rings. The third-order valence-corrected chi connectivity index (χ3v) is 9.05. The summed E-state index contributed by atoms with van der Waals surface area (Å²) in [6.45, 7) is -1.17. The maximum Gasteiger partial charge on any atom is 0.428 e. The maximum absolute atomic E-state index is 14.4. The van der Waals surface area contributed by atoms with Crippen LogP contribution >= 0.6 is 0 Å². The molecule has 2 unspecified atom stereocenters. The summed E-state index contributed by atoms with van der Waals surface area (Å²) in [6.07, 6.45) is 2.75. The van der Waals surface area contributed by atoms with Crippen LogP contribution in [-0.4, -0.2) is 56.5 Å². The number of fused-ring (bicyclic) bond motifs is 1. The average Bonchev–Trinajstić information content (AvgIpc) is 2.67. The van der Waals surface area contributed by atoms with Crippen LogP contribution in [0.4, 0.5) is 26.3 Å². The Bertz CT molecular complexity index is 1000. The summed E-state index contributed by atoms with van der Waals surface area (Å²) in [7, 11) is -13.2. The van der Waals surface area contributed by atoms with Crippen LogP contribution in [0.5, 0.6) is 0 Å². The fraction of sp³-hybridized carbons (Fsp3) is 0.800. The number of nitrogens with zero attached hydrogens (tertiary/aromatic N) is 2. The molecule has 0 bridgehead atoms. The molecule has 2 rings (SSSR count). The van der Waals surface area contributed by atoms with Crippen molar-refractivity contribution in [3.8, 4) is 6.07 Å². The van der Waals surface area contributed by atoms with Crippen LogP contribution in [0.25, 0.3) is 0 Å². The van der Waals surface area contributed by atoms with Gasteiger partial charge in [0.25, 0.3) is 19.9 Å². The predicted molar refractivity (Wildman–Crippen MR) is 91.2 cm³/mol. The molecule has 0 aromatic heterocycles. The van der Waals surface area contributed by atoms with E-state index in [9.17, 15) is 43.2 Å². The van der Waals surface area contributed by atoms with Gasteiger partial charge < -0.3 is 0 Å². The lowest BCUT2D eigenvalue weighted by molar-refractivity contribution is -0.244. The highest BCUT2D eigenvalue weighted by Crippen LogP contribution is 2.53. The lowest BCUT2D eigenvalue weighted by atomic mass is 9.76. The van der Waals surface area contributed by atoms with Gasteiger partial charge in [-0.25, -0.2) is 16.8 Å². The molecule has 0 spiro atoms. The highest BCUT2D eigenvalue weighted by atomic mass is 32.2. The van der Waals surface area contributed by atoms with Gasteiger partial charge >= 0.3 is 16.4 Å². The van der Waals surface area contributed by atoms with Gasteiger partial charge in [-0.05, 0) is 24.7 Å². The molecule has 0 aromatic rings. The third-order valence-electron chi connectivity index (χ3n) is 5.47. The molecule has 7 nitrogen and oxygen atoms in total.